The third-order valence-electron chi connectivity index (χ3n) is 5.74. The third-order valence-corrected chi connectivity index (χ3v) is 5.74. The van der Waals surface area contributed by atoms with Gasteiger partial charge in [0.25, 0.3) is 5.91 Å². The summed E-state index contributed by atoms with van der Waals surface area (Å²) in [5.41, 5.74) is 9.03. The zero-order chi connectivity index (χ0) is 23.8. The van der Waals surface area contributed by atoms with E-state index in [-0.39, 0.29) is 11.9 Å². The Morgan fingerprint density at radius 3 is 2.76 bits per heavy atom. The number of carbonyl (C=O) groups is 1. The van der Waals surface area contributed by atoms with Crippen LogP contribution in [0.15, 0.2) is 54.2 Å². The monoisotopic (exact) mass is 455 g/mol. The average Bonchev–Trinajstić information content (AvgIpc) is 3.07. The smallest absolute Gasteiger partial charge is 0.276 e. The van der Waals surface area contributed by atoms with E-state index in [4.69, 9.17) is 5.73 Å². The first-order valence-electron chi connectivity index (χ1n) is 11.6. The number of H-pyrrole nitrogens is 1. The number of para-hydroxylation sites is 1. The first kappa shape index (κ1) is 23.1. The van der Waals surface area contributed by atoms with Crippen LogP contribution in [-0.2, 0) is 6.54 Å². The number of benzene rings is 1. The van der Waals surface area contributed by atoms with Crippen LogP contribution in [0.3, 0.4) is 0 Å². The molecule has 0 spiro atoms. The third kappa shape index (κ3) is 6.01. The first-order chi connectivity index (χ1) is 16.6. The molecule has 1 amide bonds. The maximum absolute atomic E-state index is 12.8. The molecular formula is C26H29N7O. The number of aromatic amines is 1. The highest BCUT2D eigenvalue weighted by atomic mass is 16.2. The van der Waals surface area contributed by atoms with Crippen LogP contribution in [0.4, 0.5) is 5.95 Å². The number of anilines is 1. The van der Waals surface area contributed by atoms with Gasteiger partial charge in [0.05, 0.1) is 17.6 Å². The first-order valence-corrected chi connectivity index (χ1v) is 11.6. The second-order valence-electron chi connectivity index (χ2n) is 8.27. The molecule has 0 atom stereocenters. The molecule has 8 heteroatoms. The van der Waals surface area contributed by atoms with Crippen molar-refractivity contribution in [1.82, 2.24) is 20.3 Å². The number of nitrogens with zero attached hydrogens (tertiary/aromatic N) is 3. The molecule has 0 bridgehead atoms. The van der Waals surface area contributed by atoms with Crippen LogP contribution in [-0.4, -0.2) is 26.8 Å². The van der Waals surface area contributed by atoms with Gasteiger partial charge in [0, 0.05) is 11.5 Å². The van der Waals surface area contributed by atoms with Crippen molar-refractivity contribution in [2.24, 2.45) is 16.6 Å². The topological polar surface area (TPSA) is 121 Å². The molecule has 1 aliphatic rings. The Hall–Kier alpha value is -4.12. The molecule has 174 valence electrons. The normalized spacial score (nSPS) is 14.6. The molecule has 34 heavy (non-hydrogen) atoms. The van der Waals surface area contributed by atoms with Gasteiger partial charge >= 0.3 is 0 Å². The van der Waals surface area contributed by atoms with Gasteiger partial charge in [0.15, 0.2) is 5.96 Å². The molecule has 1 aromatic carbocycles. The van der Waals surface area contributed by atoms with E-state index in [2.05, 4.69) is 49.0 Å². The molecule has 0 unspecified atom stereocenters. The molecule has 2 heterocycles. The fourth-order valence-corrected chi connectivity index (χ4v) is 4.00. The van der Waals surface area contributed by atoms with Gasteiger partial charge < -0.3 is 16.0 Å². The number of amides is 1. The molecule has 0 aliphatic heterocycles. The minimum absolute atomic E-state index is 0.268. The highest BCUT2D eigenvalue weighted by Crippen LogP contribution is 2.22. The summed E-state index contributed by atoms with van der Waals surface area (Å²) in [6, 6.07) is 11.0. The number of nitrogens with two attached hydrogens (primary N) is 1. The summed E-state index contributed by atoms with van der Waals surface area (Å²) in [4.78, 5) is 29.2. The molecule has 0 radical (unpaired) electrons. The van der Waals surface area contributed by atoms with E-state index in [0.717, 1.165) is 23.9 Å². The van der Waals surface area contributed by atoms with Gasteiger partial charge in [0.1, 0.15) is 11.4 Å². The molecule has 4 rings (SSSR count). The van der Waals surface area contributed by atoms with Crippen molar-refractivity contribution in [2.45, 2.75) is 45.1 Å². The number of aliphatic imine (C=N–C) groups is 1. The molecule has 1 aliphatic carbocycles. The predicted octanol–water partition coefficient (Wildman–Crippen LogP) is 4.08. The van der Waals surface area contributed by atoms with Crippen LogP contribution in [0.25, 0.3) is 11.0 Å². The lowest BCUT2D eigenvalue weighted by atomic mass is 10.0. The average molecular weight is 456 g/mol. The van der Waals surface area contributed by atoms with E-state index >= 15 is 0 Å². The number of rotatable bonds is 5. The maximum atomic E-state index is 12.8. The predicted molar refractivity (Wildman–Crippen MR) is 135 cm³/mol. The number of pyridine rings is 1. The number of hydrogen-bond donors (Lipinski definition) is 4. The Bertz CT molecular complexity index is 1260. The van der Waals surface area contributed by atoms with E-state index < -0.39 is 0 Å². The maximum Gasteiger partial charge on any atom is 0.276 e. The number of carbonyl (C=O) groups excluding carboxylic acids is 1. The fourth-order valence-electron chi connectivity index (χ4n) is 4.00. The number of imidazole rings is 1. The minimum atomic E-state index is -0.351. The summed E-state index contributed by atoms with van der Waals surface area (Å²) < 4.78 is 0. The molecule has 1 saturated carbocycles. The van der Waals surface area contributed by atoms with E-state index in [1.807, 2.05) is 24.3 Å². The number of aromatic nitrogens is 3. The molecule has 2 aromatic heterocycles. The van der Waals surface area contributed by atoms with Crippen molar-refractivity contribution >= 4 is 28.8 Å². The van der Waals surface area contributed by atoms with Crippen LogP contribution in [0.1, 0.15) is 60.3 Å². The van der Waals surface area contributed by atoms with Gasteiger partial charge in [-0.2, -0.15) is 0 Å². The van der Waals surface area contributed by atoms with Gasteiger partial charge in [-0.1, -0.05) is 56.4 Å². The fraction of sp³-hybridized carbons (Fsp3) is 0.308. The number of guanidine groups is 1. The lowest BCUT2D eigenvalue weighted by Crippen LogP contribution is -2.26. The highest BCUT2D eigenvalue weighted by molar-refractivity contribution is 6.02. The summed E-state index contributed by atoms with van der Waals surface area (Å²) in [5.74, 6) is 7.19. The van der Waals surface area contributed by atoms with Crippen molar-refractivity contribution in [2.75, 3.05) is 5.32 Å². The van der Waals surface area contributed by atoms with Gasteiger partial charge in [-0.05, 0) is 43.2 Å². The zero-order valence-electron chi connectivity index (χ0n) is 19.1. The lowest BCUT2D eigenvalue weighted by molar-refractivity contribution is 0.102. The summed E-state index contributed by atoms with van der Waals surface area (Å²) in [6.07, 6.45) is 8.81. The van der Waals surface area contributed by atoms with Gasteiger partial charge in [-0.15, -0.1) is 0 Å². The van der Waals surface area contributed by atoms with Crippen molar-refractivity contribution in [1.29, 1.82) is 0 Å². The zero-order valence-corrected chi connectivity index (χ0v) is 19.1. The number of hydrogen-bond acceptors (Lipinski definition) is 4. The highest BCUT2D eigenvalue weighted by Gasteiger charge is 2.13. The molecule has 3 aromatic rings. The Morgan fingerprint density at radius 2 is 1.97 bits per heavy atom. The second kappa shape index (κ2) is 11.1. The van der Waals surface area contributed by atoms with E-state index in [1.165, 1.54) is 31.9 Å². The van der Waals surface area contributed by atoms with Crippen LogP contribution >= 0.6 is 0 Å². The molecule has 5 N–H and O–H groups in total. The SMILES string of the molecule is C=CNC(N)=NCc1cccc2[nH]c(NC(=O)c3cccc(C#CC4CCCCCC4)n3)nc12. The van der Waals surface area contributed by atoms with Gasteiger partial charge in [-0.3, -0.25) is 10.1 Å². The Labute approximate surface area is 199 Å². The number of nitrogens with one attached hydrogen (secondary N) is 3. The summed E-state index contributed by atoms with van der Waals surface area (Å²) in [6.45, 7) is 3.90. The summed E-state index contributed by atoms with van der Waals surface area (Å²) >= 11 is 0. The number of fused-ring (bicyclic) bond motifs is 1. The largest absolute Gasteiger partial charge is 0.370 e. The standard InChI is InChI=1S/C26H29N7O/c1-2-28-25(27)29-17-19-11-7-13-21-23(19)32-26(31-21)33-24(34)22-14-8-12-20(30-22)16-15-18-9-5-3-4-6-10-18/h2,7-8,11-14,18H,1,3-6,9-10,17H2,(H3,27,28,29)(H2,31,32,33,34). The van der Waals surface area contributed by atoms with E-state index in [9.17, 15) is 4.79 Å². The van der Waals surface area contributed by atoms with Crippen LogP contribution < -0.4 is 16.4 Å². The van der Waals surface area contributed by atoms with Crippen molar-refractivity contribution in [3.63, 3.8) is 0 Å². The Morgan fingerprint density at radius 1 is 1.18 bits per heavy atom. The Balaban J connectivity index is 1.47. The quantitative estimate of drug-likeness (QED) is 0.200. The lowest BCUT2D eigenvalue weighted by Gasteiger charge is -2.04. The molecule has 1 fully saturated rings. The van der Waals surface area contributed by atoms with E-state index in [0.29, 0.717) is 35.3 Å². The minimum Gasteiger partial charge on any atom is -0.370 e. The van der Waals surface area contributed by atoms with Crippen molar-refractivity contribution in [3.8, 4) is 11.8 Å². The van der Waals surface area contributed by atoms with Crippen LogP contribution in [0.5, 0.6) is 0 Å². The van der Waals surface area contributed by atoms with Crippen molar-refractivity contribution < 1.29 is 4.79 Å². The molecule has 8 nitrogen and oxygen atoms in total. The van der Waals surface area contributed by atoms with E-state index in [1.54, 1.807) is 12.1 Å². The van der Waals surface area contributed by atoms with Gasteiger partial charge in [0.2, 0.25) is 5.95 Å². The second-order valence-corrected chi connectivity index (χ2v) is 8.27. The van der Waals surface area contributed by atoms with Crippen LogP contribution in [0, 0.1) is 17.8 Å². The van der Waals surface area contributed by atoms with Crippen molar-refractivity contribution in [3.05, 3.63) is 66.1 Å². The molecular weight excluding hydrogens is 426 g/mol. The molecule has 0 saturated heterocycles. The summed E-state index contributed by atoms with van der Waals surface area (Å²) in [5, 5.41) is 5.54. The van der Waals surface area contributed by atoms with Gasteiger partial charge in [-0.25, -0.2) is 15.0 Å². The summed E-state index contributed by atoms with van der Waals surface area (Å²) in [7, 11) is 0. The van der Waals surface area contributed by atoms with Crippen LogP contribution in [0.2, 0.25) is 0 Å². The Kier molecular flexibility index (Phi) is 7.56.